The monoisotopic (exact) mass is 252 g/mol. The number of hydrogen-bond donors (Lipinski definition) is 1. The number of nitrogens with zero attached hydrogens (tertiary/aromatic N) is 1. The van der Waals surface area contributed by atoms with Crippen LogP contribution in [0.5, 0.6) is 0 Å². The summed E-state index contributed by atoms with van der Waals surface area (Å²) in [7, 11) is 0. The Kier molecular flexibility index (Phi) is 5.55. The molecule has 0 bridgehead atoms. The van der Waals surface area contributed by atoms with E-state index >= 15 is 0 Å². The van der Waals surface area contributed by atoms with E-state index in [1.54, 1.807) is 19.9 Å². The molecule has 2 N–H and O–H groups in total. The molecule has 0 aromatic carbocycles. The number of amides is 1. The SMILES string of the molecule is CC(=O)CCCCCC(C(N)=O)c1cc(C)on1. The number of carbonyl (C=O) groups excluding carboxylic acids is 2. The number of rotatable bonds is 8. The van der Waals surface area contributed by atoms with Gasteiger partial charge in [0.1, 0.15) is 11.5 Å². The minimum absolute atomic E-state index is 0.202. The Morgan fingerprint density at radius 3 is 2.61 bits per heavy atom. The average molecular weight is 252 g/mol. The molecule has 0 spiro atoms. The quantitative estimate of drug-likeness (QED) is 0.718. The zero-order valence-corrected chi connectivity index (χ0v) is 10.9. The molecule has 0 saturated carbocycles. The van der Waals surface area contributed by atoms with Crippen LogP contribution in [-0.4, -0.2) is 16.8 Å². The molecule has 1 aromatic heterocycles. The number of ketones is 1. The largest absolute Gasteiger partial charge is 0.369 e. The van der Waals surface area contributed by atoms with Gasteiger partial charge in [-0.1, -0.05) is 18.0 Å². The van der Waals surface area contributed by atoms with Crippen LogP contribution in [0.25, 0.3) is 0 Å². The third kappa shape index (κ3) is 4.69. The number of carbonyl (C=O) groups is 2. The molecule has 0 radical (unpaired) electrons. The zero-order valence-electron chi connectivity index (χ0n) is 10.9. The van der Waals surface area contributed by atoms with E-state index in [4.69, 9.17) is 10.3 Å². The van der Waals surface area contributed by atoms with E-state index in [0.717, 1.165) is 19.3 Å². The van der Waals surface area contributed by atoms with Crippen molar-refractivity contribution in [3.05, 3.63) is 17.5 Å². The van der Waals surface area contributed by atoms with E-state index in [0.29, 0.717) is 24.3 Å². The summed E-state index contributed by atoms with van der Waals surface area (Å²) in [6, 6.07) is 1.74. The first-order valence-electron chi connectivity index (χ1n) is 6.22. The van der Waals surface area contributed by atoms with Crippen molar-refractivity contribution >= 4 is 11.7 Å². The molecule has 0 saturated heterocycles. The number of hydrogen-bond acceptors (Lipinski definition) is 4. The minimum Gasteiger partial charge on any atom is -0.369 e. The van der Waals surface area contributed by atoms with Gasteiger partial charge < -0.3 is 15.1 Å². The first kappa shape index (κ1) is 14.4. The first-order chi connectivity index (χ1) is 8.50. The molecule has 1 atom stereocenters. The second-order valence-corrected chi connectivity index (χ2v) is 4.62. The molecule has 0 aliphatic rings. The van der Waals surface area contributed by atoms with Gasteiger partial charge in [0.25, 0.3) is 0 Å². The summed E-state index contributed by atoms with van der Waals surface area (Å²) in [6.45, 7) is 3.37. The molecule has 1 aromatic rings. The Balaban J connectivity index is 2.40. The second-order valence-electron chi connectivity index (χ2n) is 4.62. The normalized spacial score (nSPS) is 12.3. The highest BCUT2D eigenvalue weighted by atomic mass is 16.5. The highest BCUT2D eigenvalue weighted by molar-refractivity contribution is 5.81. The van der Waals surface area contributed by atoms with Gasteiger partial charge >= 0.3 is 0 Å². The smallest absolute Gasteiger partial charge is 0.226 e. The lowest BCUT2D eigenvalue weighted by molar-refractivity contribution is -0.120. The second kappa shape index (κ2) is 6.93. The molecule has 1 rings (SSSR count). The van der Waals surface area contributed by atoms with Crippen molar-refractivity contribution in [3.63, 3.8) is 0 Å². The summed E-state index contributed by atoms with van der Waals surface area (Å²) in [5, 5.41) is 3.83. The van der Waals surface area contributed by atoms with E-state index in [2.05, 4.69) is 5.16 Å². The summed E-state index contributed by atoms with van der Waals surface area (Å²) in [5.74, 6) is 0.107. The predicted molar refractivity (Wildman–Crippen MR) is 66.9 cm³/mol. The fraction of sp³-hybridized carbons (Fsp3) is 0.615. The highest BCUT2D eigenvalue weighted by Gasteiger charge is 2.20. The van der Waals surface area contributed by atoms with Crippen LogP contribution >= 0.6 is 0 Å². The maximum absolute atomic E-state index is 11.4. The number of nitrogens with two attached hydrogens (primary N) is 1. The van der Waals surface area contributed by atoms with Crippen LogP contribution in [0.15, 0.2) is 10.6 Å². The lowest BCUT2D eigenvalue weighted by atomic mass is 9.96. The fourth-order valence-electron chi connectivity index (χ4n) is 1.88. The first-order valence-corrected chi connectivity index (χ1v) is 6.22. The molecule has 100 valence electrons. The lowest BCUT2D eigenvalue weighted by Gasteiger charge is -2.09. The third-order valence-corrected chi connectivity index (χ3v) is 2.87. The molecule has 0 aliphatic heterocycles. The van der Waals surface area contributed by atoms with Crippen molar-refractivity contribution in [2.75, 3.05) is 0 Å². The van der Waals surface area contributed by atoms with Crippen LogP contribution in [0.4, 0.5) is 0 Å². The fourth-order valence-corrected chi connectivity index (χ4v) is 1.88. The van der Waals surface area contributed by atoms with Gasteiger partial charge in [-0.3, -0.25) is 4.79 Å². The summed E-state index contributed by atoms with van der Waals surface area (Å²) < 4.78 is 4.95. The van der Waals surface area contributed by atoms with E-state index in [-0.39, 0.29) is 17.6 Å². The van der Waals surface area contributed by atoms with Gasteiger partial charge in [-0.05, 0) is 26.7 Å². The van der Waals surface area contributed by atoms with Crippen molar-refractivity contribution in [3.8, 4) is 0 Å². The van der Waals surface area contributed by atoms with E-state index in [1.165, 1.54) is 0 Å². The van der Waals surface area contributed by atoms with Crippen molar-refractivity contribution in [1.29, 1.82) is 0 Å². The summed E-state index contributed by atoms with van der Waals surface area (Å²) in [6.07, 6.45) is 3.88. The maximum Gasteiger partial charge on any atom is 0.226 e. The van der Waals surface area contributed by atoms with Gasteiger partial charge in [-0.25, -0.2) is 0 Å². The molecular weight excluding hydrogens is 232 g/mol. The number of unbranched alkanes of at least 4 members (excludes halogenated alkanes) is 2. The molecule has 18 heavy (non-hydrogen) atoms. The van der Waals surface area contributed by atoms with Crippen LogP contribution in [0.1, 0.15) is 56.4 Å². The van der Waals surface area contributed by atoms with Crippen LogP contribution < -0.4 is 5.73 Å². The Morgan fingerprint density at radius 2 is 2.11 bits per heavy atom. The molecule has 1 unspecified atom stereocenters. The molecule has 0 fully saturated rings. The van der Waals surface area contributed by atoms with Crippen molar-refractivity contribution < 1.29 is 14.1 Å². The average Bonchev–Trinajstić information content (AvgIpc) is 2.69. The summed E-state index contributed by atoms with van der Waals surface area (Å²) >= 11 is 0. The molecule has 0 aliphatic carbocycles. The molecule has 5 heteroatoms. The van der Waals surface area contributed by atoms with Crippen LogP contribution in [0.2, 0.25) is 0 Å². The minimum atomic E-state index is -0.389. The van der Waals surface area contributed by atoms with E-state index in [1.807, 2.05) is 0 Å². The summed E-state index contributed by atoms with van der Waals surface area (Å²) in [4.78, 5) is 22.1. The van der Waals surface area contributed by atoms with Crippen molar-refractivity contribution in [2.24, 2.45) is 5.73 Å². The molecular formula is C13H20N2O3. The molecule has 5 nitrogen and oxygen atoms in total. The topological polar surface area (TPSA) is 86.2 Å². The van der Waals surface area contributed by atoms with Crippen LogP contribution in [0.3, 0.4) is 0 Å². The third-order valence-electron chi connectivity index (χ3n) is 2.87. The highest BCUT2D eigenvalue weighted by Crippen LogP contribution is 2.22. The molecule has 1 amide bonds. The van der Waals surface area contributed by atoms with Gasteiger partial charge in [0.05, 0.1) is 11.6 Å². The van der Waals surface area contributed by atoms with Gasteiger partial charge in [-0.2, -0.15) is 0 Å². The van der Waals surface area contributed by atoms with Gasteiger partial charge in [0.2, 0.25) is 5.91 Å². The Bertz CT molecular complexity index is 412. The number of aryl methyl sites for hydroxylation is 1. The predicted octanol–water partition coefficient (Wildman–Crippen LogP) is 2.09. The molecule has 1 heterocycles. The Labute approximate surface area is 107 Å². The lowest BCUT2D eigenvalue weighted by Crippen LogP contribution is -2.21. The zero-order chi connectivity index (χ0) is 13.5. The van der Waals surface area contributed by atoms with Crippen molar-refractivity contribution in [2.45, 2.75) is 51.9 Å². The van der Waals surface area contributed by atoms with E-state index in [9.17, 15) is 9.59 Å². The summed E-state index contributed by atoms with van der Waals surface area (Å²) in [5.41, 5.74) is 5.97. The van der Waals surface area contributed by atoms with Gasteiger partial charge in [0, 0.05) is 12.5 Å². The number of Topliss-reactive ketones (excluding diaryl/α,β-unsaturated/α-hetero) is 1. The Morgan fingerprint density at radius 1 is 1.39 bits per heavy atom. The number of aromatic nitrogens is 1. The standard InChI is InChI=1S/C13H20N2O3/c1-9(16)6-4-3-5-7-11(13(14)17)12-8-10(2)18-15-12/h8,11H,3-7H2,1-2H3,(H2,14,17). The maximum atomic E-state index is 11.4. The number of primary amides is 1. The van der Waals surface area contributed by atoms with Crippen LogP contribution in [0, 0.1) is 6.92 Å². The van der Waals surface area contributed by atoms with Gasteiger partial charge in [-0.15, -0.1) is 0 Å². The Hall–Kier alpha value is -1.65. The van der Waals surface area contributed by atoms with Gasteiger partial charge in [0.15, 0.2) is 0 Å². The van der Waals surface area contributed by atoms with Crippen LogP contribution in [-0.2, 0) is 9.59 Å². The van der Waals surface area contributed by atoms with E-state index < -0.39 is 0 Å². The van der Waals surface area contributed by atoms with Crippen molar-refractivity contribution in [1.82, 2.24) is 5.16 Å².